The van der Waals surface area contributed by atoms with E-state index in [9.17, 15) is 27.9 Å². The van der Waals surface area contributed by atoms with E-state index in [-0.39, 0.29) is 31.2 Å². The molecule has 1 amide bonds. The van der Waals surface area contributed by atoms with Crippen LogP contribution in [0.2, 0.25) is 5.04 Å². The van der Waals surface area contributed by atoms with Gasteiger partial charge < -0.3 is 38.5 Å². The molecule has 11 nitrogen and oxygen atoms in total. The second-order valence-electron chi connectivity index (χ2n) is 19.6. The molecule has 15 heteroatoms. The number of aromatic nitrogens is 2. The lowest BCUT2D eigenvalue weighted by molar-refractivity contribution is -0.141. The molecule has 1 fully saturated rings. The molecule has 0 bridgehead atoms. The van der Waals surface area contributed by atoms with Crippen molar-refractivity contribution in [3.8, 4) is 11.3 Å². The summed E-state index contributed by atoms with van der Waals surface area (Å²) < 4.78 is 70.7. The van der Waals surface area contributed by atoms with Gasteiger partial charge in [0.15, 0.2) is 0 Å². The van der Waals surface area contributed by atoms with E-state index >= 15 is 0 Å². The minimum absolute atomic E-state index is 0.0257. The molecular formula is C54H63F3N4O7Si. The summed E-state index contributed by atoms with van der Waals surface area (Å²) >= 11 is 0. The highest BCUT2D eigenvalue weighted by Crippen LogP contribution is 2.44. The Balaban J connectivity index is 1.28. The standard InChI is InChI=1S/C54H63F3N4O7Si/c1-37(65-7)48-43(24-17-27-58-48)49-45(32-53(5,6)36-68-69(52(2,3)4,41-20-13-9-14-21-41)42-22-15-10-16-23-42)44-30-39(25-26-47(44)61(49)35-54(55,56)57)60-28-29-66-40(33-60)31-46(50(62)63)59-51(64)67-34-38-18-11-8-12-19-38/h8-27,30,37,40,46H,28-29,31-36H2,1-7H3,(H,59,64)(H,62,63)/t37?,40-,46-/m0/s1. The highest BCUT2D eigenvalue weighted by molar-refractivity contribution is 6.99. The third-order valence-corrected chi connectivity index (χ3v) is 17.9. The third kappa shape index (κ3) is 11.9. The molecule has 2 aromatic heterocycles. The molecule has 4 aromatic carbocycles. The van der Waals surface area contributed by atoms with Gasteiger partial charge in [-0.3, -0.25) is 4.98 Å². The number of nitrogens with zero attached hydrogens (tertiary/aromatic N) is 3. The number of carbonyl (C=O) groups excluding carboxylic acids is 1. The van der Waals surface area contributed by atoms with Crippen molar-refractivity contribution < 1.29 is 46.5 Å². The number of morpholine rings is 1. The second kappa shape index (κ2) is 21.3. The van der Waals surface area contributed by atoms with Gasteiger partial charge in [-0.25, -0.2) is 9.59 Å². The van der Waals surface area contributed by atoms with Crippen molar-refractivity contribution in [2.24, 2.45) is 5.41 Å². The van der Waals surface area contributed by atoms with Crippen molar-refractivity contribution in [3.05, 3.63) is 144 Å². The Kier molecular flexibility index (Phi) is 15.7. The number of alkyl carbamates (subject to hydrolysis) is 1. The maximum atomic E-state index is 14.9. The van der Waals surface area contributed by atoms with E-state index in [0.29, 0.717) is 53.0 Å². The Morgan fingerprint density at radius 1 is 0.899 bits per heavy atom. The summed E-state index contributed by atoms with van der Waals surface area (Å²) in [6, 6.07) is 37.5. The second-order valence-corrected chi connectivity index (χ2v) is 23.9. The van der Waals surface area contributed by atoms with Gasteiger partial charge in [0.1, 0.15) is 19.2 Å². The number of hydrogen-bond donors (Lipinski definition) is 2. The number of methoxy groups -OCH3 is 1. The summed E-state index contributed by atoms with van der Waals surface area (Å²) in [7, 11) is -1.46. The fourth-order valence-electron chi connectivity index (χ4n) is 9.58. The average molecular weight is 965 g/mol. The molecule has 0 saturated carbocycles. The zero-order valence-electron chi connectivity index (χ0n) is 40.4. The van der Waals surface area contributed by atoms with Crippen molar-refractivity contribution in [1.29, 1.82) is 0 Å². The van der Waals surface area contributed by atoms with E-state index in [4.69, 9.17) is 18.6 Å². The van der Waals surface area contributed by atoms with Crippen LogP contribution in [0, 0.1) is 5.41 Å². The molecule has 0 spiro atoms. The van der Waals surface area contributed by atoms with Gasteiger partial charge in [-0.1, -0.05) is 126 Å². The van der Waals surface area contributed by atoms with Gasteiger partial charge in [0.25, 0.3) is 8.32 Å². The number of halogens is 3. The Morgan fingerprint density at radius 2 is 1.54 bits per heavy atom. The van der Waals surface area contributed by atoms with Crippen molar-refractivity contribution in [1.82, 2.24) is 14.9 Å². The molecule has 0 radical (unpaired) electrons. The molecule has 366 valence electrons. The first-order valence-electron chi connectivity index (χ1n) is 23.3. The van der Waals surface area contributed by atoms with Crippen LogP contribution in [-0.4, -0.2) is 86.8 Å². The first-order chi connectivity index (χ1) is 32.8. The molecular weight excluding hydrogens is 902 g/mol. The summed E-state index contributed by atoms with van der Waals surface area (Å²) in [6.45, 7) is 12.7. The average Bonchev–Trinajstić information content (AvgIpc) is 3.60. The largest absolute Gasteiger partial charge is 0.480 e. The van der Waals surface area contributed by atoms with Gasteiger partial charge in [0, 0.05) is 61.6 Å². The summed E-state index contributed by atoms with van der Waals surface area (Å²) in [5.41, 5.74) is 3.41. The summed E-state index contributed by atoms with van der Waals surface area (Å²) in [5.74, 6) is -1.24. The normalized spacial score (nSPS) is 15.7. The zero-order chi connectivity index (χ0) is 49.6. The van der Waals surface area contributed by atoms with Crippen LogP contribution in [0.4, 0.5) is 23.7 Å². The minimum atomic E-state index is -4.58. The number of amides is 1. The van der Waals surface area contributed by atoms with Crippen molar-refractivity contribution in [2.75, 3.05) is 38.3 Å². The fourth-order valence-corrected chi connectivity index (χ4v) is 14.3. The highest BCUT2D eigenvalue weighted by atomic mass is 28.4. The van der Waals surface area contributed by atoms with Gasteiger partial charge in [-0.05, 0) is 75.6 Å². The van der Waals surface area contributed by atoms with Crippen LogP contribution in [0.15, 0.2) is 128 Å². The van der Waals surface area contributed by atoms with E-state index in [1.807, 2.05) is 78.6 Å². The first kappa shape index (κ1) is 50.9. The molecule has 69 heavy (non-hydrogen) atoms. The fraction of sp³-hybridized carbons (Fsp3) is 0.389. The van der Waals surface area contributed by atoms with Crippen LogP contribution >= 0.6 is 0 Å². The number of nitrogens with one attached hydrogen (secondary N) is 1. The van der Waals surface area contributed by atoms with Crippen LogP contribution < -0.4 is 20.6 Å². The van der Waals surface area contributed by atoms with Crippen LogP contribution in [0.5, 0.6) is 0 Å². The number of carboxylic acids is 1. The first-order valence-corrected chi connectivity index (χ1v) is 25.2. The van der Waals surface area contributed by atoms with E-state index in [2.05, 4.69) is 69.2 Å². The molecule has 1 aliphatic rings. The van der Waals surface area contributed by atoms with Crippen LogP contribution in [0.3, 0.4) is 0 Å². The molecule has 0 aliphatic carbocycles. The van der Waals surface area contributed by atoms with Crippen molar-refractivity contribution >= 4 is 47.3 Å². The van der Waals surface area contributed by atoms with Crippen LogP contribution in [0.1, 0.15) is 70.9 Å². The van der Waals surface area contributed by atoms with Gasteiger partial charge in [-0.2, -0.15) is 13.2 Å². The lowest BCUT2D eigenvalue weighted by atomic mass is 9.84. The number of ether oxygens (including phenoxy) is 3. The zero-order valence-corrected chi connectivity index (χ0v) is 41.4. The van der Waals surface area contributed by atoms with Crippen LogP contribution in [0.25, 0.3) is 22.2 Å². The number of pyridine rings is 1. The molecule has 1 unspecified atom stereocenters. The van der Waals surface area contributed by atoms with Gasteiger partial charge in [0.05, 0.1) is 30.2 Å². The lowest BCUT2D eigenvalue weighted by Crippen LogP contribution is -2.67. The van der Waals surface area contributed by atoms with Crippen molar-refractivity contribution in [3.63, 3.8) is 0 Å². The predicted octanol–water partition coefficient (Wildman–Crippen LogP) is 10.1. The van der Waals surface area contributed by atoms with E-state index in [0.717, 1.165) is 21.6 Å². The molecule has 7 rings (SSSR count). The van der Waals surface area contributed by atoms with Gasteiger partial charge >= 0.3 is 18.2 Å². The Hall–Kier alpha value is -6.00. The lowest BCUT2D eigenvalue weighted by Gasteiger charge is -2.44. The molecule has 2 N–H and O–H groups in total. The molecule has 3 heterocycles. The van der Waals surface area contributed by atoms with E-state index < -0.39 is 56.8 Å². The number of aliphatic carboxylic acids is 1. The number of anilines is 1. The Bertz CT molecular complexity index is 2640. The maximum absolute atomic E-state index is 14.9. The molecule has 1 aliphatic heterocycles. The van der Waals surface area contributed by atoms with E-state index in [1.165, 1.54) is 4.57 Å². The molecule has 6 aromatic rings. The van der Waals surface area contributed by atoms with Gasteiger partial charge in [-0.15, -0.1) is 0 Å². The number of hydrogen-bond acceptors (Lipinski definition) is 8. The predicted molar refractivity (Wildman–Crippen MR) is 265 cm³/mol. The maximum Gasteiger partial charge on any atom is 0.408 e. The van der Waals surface area contributed by atoms with E-state index in [1.54, 1.807) is 43.6 Å². The third-order valence-electron chi connectivity index (χ3n) is 12.9. The number of alkyl halides is 3. The van der Waals surface area contributed by atoms with Crippen molar-refractivity contribution in [2.45, 2.75) is 97.0 Å². The highest BCUT2D eigenvalue weighted by Gasteiger charge is 2.51. The number of rotatable bonds is 18. The Labute approximate surface area is 403 Å². The SMILES string of the molecule is COC(C)c1ncccc1-c1c(CC(C)(C)CO[Si](c2ccccc2)(c2ccccc2)C(C)(C)C)c2cc(N3CCO[C@@H](C[C@H](NC(=O)OCc4ccccc4)C(=O)O)C3)ccc2n1CC(F)(F)F. The number of fused-ring (bicyclic) bond motifs is 1. The smallest absolute Gasteiger partial charge is 0.408 e. The summed E-state index contributed by atoms with van der Waals surface area (Å²) in [6.07, 6.45) is -4.68. The van der Waals surface area contributed by atoms with Gasteiger partial charge in [0.2, 0.25) is 0 Å². The quantitative estimate of drug-likeness (QED) is 0.0811. The van der Waals surface area contributed by atoms with Crippen LogP contribution in [-0.2, 0) is 43.0 Å². The monoisotopic (exact) mass is 964 g/mol. The minimum Gasteiger partial charge on any atom is -0.480 e. The molecule has 1 saturated heterocycles. The number of carbonyl (C=O) groups is 2. The Morgan fingerprint density at radius 3 is 2.13 bits per heavy atom. The summed E-state index contributed by atoms with van der Waals surface area (Å²) in [5, 5.41) is 15.2. The summed E-state index contributed by atoms with van der Waals surface area (Å²) in [4.78, 5) is 31.9. The topological polar surface area (TPSA) is 124 Å². The molecule has 3 atom stereocenters. The number of benzene rings is 4. The number of carboxylic acid groups (broad SMARTS) is 1.